The second kappa shape index (κ2) is 3.93. The van der Waals surface area contributed by atoms with E-state index in [2.05, 4.69) is 14.0 Å². The zero-order valence-electron chi connectivity index (χ0n) is 7.18. The summed E-state index contributed by atoms with van der Waals surface area (Å²) in [4.78, 5) is 0. The van der Waals surface area contributed by atoms with Crippen molar-refractivity contribution in [1.29, 1.82) is 0 Å². The van der Waals surface area contributed by atoms with E-state index in [1.54, 1.807) is 0 Å². The van der Waals surface area contributed by atoms with Gasteiger partial charge in [0.25, 0.3) is 0 Å². The summed E-state index contributed by atoms with van der Waals surface area (Å²) in [6.07, 6.45) is -10.9. The van der Waals surface area contributed by atoms with Crippen molar-refractivity contribution >= 4 is 14.5 Å². The molecule has 1 nitrogen and oxygen atoms in total. The van der Waals surface area contributed by atoms with Gasteiger partial charge < -0.3 is 4.74 Å². The van der Waals surface area contributed by atoms with E-state index in [0.29, 0.717) is 5.30 Å². The fourth-order valence-electron chi connectivity index (χ4n) is 0.742. The molecule has 0 saturated carbocycles. The predicted octanol–water partition coefficient (Wildman–Crippen LogP) is 2.72. The normalized spacial score (nSPS) is 12.7. The first kappa shape index (κ1) is 12.2. The lowest BCUT2D eigenvalue weighted by Gasteiger charge is -2.20. The highest BCUT2D eigenvalue weighted by atomic mass is 31.0. The van der Waals surface area contributed by atoms with Crippen LogP contribution >= 0.6 is 9.24 Å². The van der Waals surface area contributed by atoms with Gasteiger partial charge in [0.15, 0.2) is 0 Å². The molecule has 84 valence electrons. The Kier molecular flexibility index (Phi) is 3.19. The Labute approximate surface area is 84.4 Å². The van der Waals surface area contributed by atoms with Gasteiger partial charge in [0.2, 0.25) is 0 Å². The number of ether oxygens (including phenoxy) is 1. The van der Waals surface area contributed by atoms with Crippen LogP contribution in [0.2, 0.25) is 0 Å². The lowest BCUT2D eigenvalue weighted by Crippen LogP contribution is -2.41. The summed E-state index contributed by atoms with van der Waals surface area (Å²) in [6, 6.07) is 4.74. The van der Waals surface area contributed by atoms with Crippen LogP contribution in [0.3, 0.4) is 0 Å². The SMILES string of the molecule is FC(F)(F)C(F)(F)Oc1ccc(P)cc1. The molecule has 0 heterocycles. The standard InChI is InChI=1S/C8H6F5OP/c9-7(10,11)8(12,13)14-5-1-3-6(15)4-2-5/h1-4H,15H2. The van der Waals surface area contributed by atoms with Crippen LogP contribution in [-0.2, 0) is 0 Å². The molecular formula is C8H6F5OP. The van der Waals surface area contributed by atoms with E-state index in [1.165, 1.54) is 12.1 Å². The smallest absolute Gasteiger partial charge is 0.426 e. The average Bonchev–Trinajstić information content (AvgIpc) is 2.06. The van der Waals surface area contributed by atoms with Gasteiger partial charge in [0, 0.05) is 0 Å². The van der Waals surface area contributed by atoms with Crippen molar-refractivity contribution in [2.75, 3.05) is 0 Å². The molecule has 0 aliphatic heterocycles. The highest BCUT2D eigenvalue weighted by Crippen LogP contribution is 2.36. The molecule has 0 aliphatic rings. The Morgan fingerprint density at radius 2 is 1.40 bits per heavy atom. The molecule has 0 spiro atoms. The highest BCUT2D eigenvalue weighted by Gasteiger charge is 2.61. The molecule has 0 bridgehead atoms. The molecule has 1 rings (SSSR count). The van der Waals surface area contributed by atoms with Crippen molar-refractivity contribution in [1.82, 2.24) is 0 Å². The fraction of sp³-hybridized carbons (Fsp3) is 0.250. The van der Waals surface area contributed by atoms with Gasteiger partial charge in [-0.25, -0.2) is 0 Å². The first-order chi connectivity index (χ1) is 6.72. The maximum atomic E-state index is 12.4. The first-order valence-corrected chi connectivity index (χ1v) is 4.29. The van der Waals surface area contributed by atoms with Crippen molar-refractivity contribution in [2.24, 2.45) is 0 Å². The summed E-state index contributed by atoms with van der Waals surface area (Å²) >= 11 is 0. The van der Waals surface area contributed by atoms with Crippen molar-refractivity contribution in [3.05, 3.63) is 24.3 Å². The maximum absolute atomic E-state index is 12.4. The van der Waals surface area contributed by atoms with Crippen LogP contribution in [0.4, 0.5) is 22.0 Å². The van der Waals surface area contributed by atoms with E-state index < -0.39 is 18.0 Å². The molecular weight excluding hydrogens is 238 g/mol. The molecule has 0 aliphatic carbocycles. The summed E-state index contributed by atoms with van der Waals surface area (Å²) in [6.45, 7) is 0. The molecule has 1 aromatic carbocycles. The summed E-state index contributed by atoms with van der Waals surface area (Å²) in [7, 11) is 2.26. The molecule has 1 aromatic rings. The van der Waals surface area contributed by atoms with Crippen molar-refractivity contribution in [3.8, 4) is 5.75 Å². The third kappa shape index (κ3) is 3.02. The van der Waals surface area contributed by atoms with E-state index in [4.69, 9.17) is 0 Å². The zero-order chi connectivity index (χ0) is 11.7. The van der Waals surface area contributed by atoms with Crippen molar-refractivity contribution in [2.45, 2.75) is 12.3 Å². The van der Waals surface area contributed by atoms with Crippen molar-refractivity contribution < 1.29 is 26.7 Å². The second-order valence-corrected chi connectivity index (χ2v) is 3.35. The Morgan fingerprint density at radius 1 is 0.933 bits per heavy atom. The fourth-order valence-corrected chi connectivity index (χ4v) is 0.934. The zero-order valence-corrected chi connectivity index (χ0v) is 8.34. The van der Waals surface area contributed by atoms with Crippen LogP contribution in [0, 0.1) is 0 Å². The monoisotopic (exact) mass is 244 g/mol. The van der Waals surface area contributed by atoms with Gasteiger partial charge in [-0.15, -0.1) is 9.24 Å². The maximum Gasteiger partial charge on any atom is 0.499 e. The predicted molar refractivity (Wildman–Crippen MR) is 47.4 cm³/mol. The summed E-state index contributed by atoms with van der Waals surface area (Å²) < 4.78 is 63.4. The van der Waals surface area contributed by atoms with Crippen LogP contribution in [-0.4, -0.2) is 12.3 Å². The van der Waals surface area contributed by atoms with Gasteiger partial charge in [0.05, 0.1) is 0 Å². The van der Waals surface area contributed by atoms with Gasteiger partial charge >= 0.3 is 12.3 Å². The van der Waals surface area contributed by atoms with Gasteiger partial charge in [-0.2, -0.15) is 22.0 Å². The highest BCUT2D eigenvalue weighted by molar-refractivity contribution is 7.27. The molecule has 1 atom stereocenters. The average molecular weight is 244 g/mol. The third-order valence-corrected chi connectivity index (χ3v) is 1.84. The minimum absolute atomic E-state index is 0.538. The Bertz CT molecular complexity index is 332. The number of hydrogen-bond acceptors (Lipinski definition) is 1. The van der Waals surface area contributed by atoms with Crippen molar-refractivity contribution in [3.63, 3.8) is 0 Å². The molecule has 7 heteroatoms. The lowest BCUT2D eigenvalue weighted by atomic mass is 10.3. The molecule has 0 radical (unpaired) electrons. The largest absolute Gasteiger partial charge is 0.499 e. The molecule has 0 amide bonds. The van der Waals surface area contributed by atoms with E-state index in [9.17, 15) is 22.0 Å². The van der Waals surface area contributed by atoms with E-state index in [-0.39, 0.29) is 0 Å². The number of rotatable bonds is 2. The van der Waals surface area contributed by atoms with Crippen LogP contribution in [0.1, 0.15) is 0 Å². The lowest BCUT2D eigenvalue weighted by molar-refractivity contribution is -0.360. The topological polar surface area (TPSA) is 9.23 Å². The Hall–Kier alpha value is -0.900. The van der Waals surface area contributed by atoms with Gasteiger partial charge in [-0.1, -0.05) is 12.1 Å². The van der Waals surface area contributed by atoms with Gasteiger partial charge in [0.1, 0.15) is 5.75 Å². The van der Waals surface area contributed by atoms with Crippen LogP contribution in [0.5, 0.6) is 5.75 Å². The summed E-state index contributed by atoms with van der Waals surface area (Å²) in [5.41, 5.74) is 0. The minimum Gasteiger partial charge on any atom is -0.426 e. The van der Waals surface area contributed by atoms with Crippen LogP contribution in [0.25, 0.3) is 0 Å². The number of halogens is 5. The number of hydrogen-bond donors (Lipinski definition) is 0. The van der Waals surface area contributed by atoms with E-state index >= 15 is 0 Å². The number of benzene rings is 1. The molecule has 1 unspecified atom stereocenters. The van der Waals surface area contributed by atoms with Gasteiger partial charge in [-0.05, 0) is 17.4 Å². The quantitative estimate of drug-likeness (QED) is 0.574. The van der Waals surface area contributed by atoms with E-state index in [1.807, 2.05) is 0 Å². The van der Waals surface area contributed by atoms with Crippen LogP contribution < -0.4 is 10.0 Å². The first-order valence-electron chi connectivity index (χ1n) is 3.71. The minimum atomic E-state index is -5.72. The second-order valence-electron chi connectivity index (χ2n) is 2.69. The molecule has 15 heavy (non-hydrogen) atoms. The molecule has 0 fully saturated rings. The summed E-state index contributed by atoms with van der Waals surface area (Å²) in [5, 5.41) is 0.651. The van der Waals surface area contributed by atoms with E-state index in [0.717, 1.165) is 12.1 Å². The van der Waals surface area contributed by atoms with Gasteiger partial charge in [-0.3, -0.25) is 0 Å². The molecule has 0 saturated heterocycles. The Balaban J connectivity index is 2.82. The molecule has 0 N–H and O–H groups in total. The van der Waals surface area contributed by atoms with Crippen LogP contribution in [0.15, 0.2) is 24.3 Å². The summed E-state index contributed by atoms with van der Waals surface area (Å²) in [5.74, 6) is -0.538. The molecule has 0 aromatic heterocycles. The third-order valence-electron chi connectivity index (χ3n) is 1.46. The number of alkyl halides is 5. The Morgan fingerprint density at radius 3 is 1.80 bits per heavy atom.